The van der Waals surface area contributed by atoms with Gasteiger partial charge in [0.25, 0.3) is 5.69 Å². The molecule has 6 unspecified atom stereocenters. The Kier molecular flexibility index (Phi) is 13.6. The van der Waals surface area contributed by atoms with E-state index in [-0.39, 0.29) is 28.2 Å². The van der Waals surface area contributed by atoms with E-state index in [4.69, 9.17) is 9.47 Å². The second-order valence-corrected chi connectivity index (χ2v) is 22.2. The van der Waals surface area contributed by atoms with Gasteiger partial charge < -0.3 is 14.6 Å². The Bertz CT molecular complexity index is 1500. The van der Waals surface area contributed by atoms with Gasteiger partial charge in [-0.25, -0.2) is 0 Å². The first-order chi connectivity index (χ1) is 24.0. The van der Waals surface area contributed by atoms with Crippen LogP contribution in [0, 0.1) is 45.6 Å². The third-order valence-corrected chi connectivity index (χ3v) is 18.4. The van der Waals surface area contributed by atoms with E-state index in [1.165, 1.54) is 44.6 Å². The second-order valence-electron chi connectivity index (χ2n) is 17.5. The molecule has 0 amide bonds. The van der Waals surface area contributed by atoms with Crippen LogP contribution in [0.4, 0.5) is 17.1 Å². The number of ether oxygens (including phenoxy) is 2. The van der Waals surface area contributed by atoms with E-state index in [2.05, 4.69) is 64.0 Å². The predicted molar refractivity (Wildman–Crippen MR) is 212 cm³/mol. The fourth-order valence-electron chi connectivity index (χ4n) is 9.55. The molecule has 8 nitrogen and oxygen atoms in total. The molecular formula is C42H65N3O5Si. The third kappa shape index (κ3) is 9.43. The number of nitro benzene ring substituents is 1. The molecule has 282 valence electrons. The molecule has 1 N–H and O–H groups in total. The Morgan fingerprint density at radius 3 is 2.00 bits per heavy atom. The second kappa shape index (κ2) is 17.1. The van der Waals surface area contributed by atoms with Crippen molar-refractivity contribution in [3.63, 3.8) is 0 Å². The van der Waals surface area contributed by atoms with Crippen LogP contribution < -0.4 is 9.47 Å². The van der Waals surface area contributed by atoms with E-state index in [9.17, 15) is 15.2 Å². The first kappa shape index (κ1) is 40.6. The molecule has 2 aliphatic carbocycles. The number of aromatic hydroxyl groups is 1. The predicted octanol–water partition coefficient (Wildman–Crippen LogP) is 12.9. The average Bonchev–Trinajstić information content (AvgIpc) is 3.07. The molecule has 0 spiro atoms. The number of azo groups is 1. The van der Waals surface area contributed by atoms with Crippen LogP contribution in [0.1, 0.15) is 113 Å². The molecule has 0 heterocycles. The van der Waals surface area contributed by atoms with E-state index in [1.807, 2.05) is 20.8 Å². The molecule has 0 saturated heterocycles. The van der Waals surface area contributed by atoms with E-state index in [0.717, 1.165) is 47.2 Å². The zero-order valence-corrected chi connectivity index (χ0v) is 34.1. The number of hydrogen-bond donors (Lipinski definition) is 1. The van der Waals surface area contributed by atoms with E-state index >= 15 is 0 Å². The summed E-state index contributed by atoms with van der Waals surface area (Å²) in [5.41, 5.74) is 4.30. The summed E-state index contributed by atoms with van der Waals surface area (Å²) in [6.07, 6.45) is 8.82. The van der Waals surface area contributed by atoms with Gasteiger partial charge >= 0.3 is 0 Å². The SMILES string of the molecule is C=C[Si](CCCOc1ccc(N=Nc2cc(OC)cc(C(C)(C)C)c2O)c([N+](=O)[O-])c1)(C1CC(C)CCC1C(C)C)C1CC(C)CCC1C(C)C. The van der Waals surface area contributed by atoms with Gasteiger partial charge in [0.15, 0.2) is 5.69 Å². The number of phenolic OH excluding ortho intramolecular Hbond substituents is 1. The molecule has 2 saturated carbocycles. The van der Waals surface area contributed by atoms with Gasteiger partial charge in [-0.2, -0.15) is 0 Å². The number of nitrogens with zero attached hydrogens (tertiary/aromatic N) is 3. The highest BCUT2D eigenvalue weighted by Crippen LogP contribution is 2.59. The summed E-state index contributed by atoms with van der Waals surface area (Å²) in [6, 6.07) is 9.20. The van der Waals surface area contributed by atoms with Crippen molar-refractivity contribution in [3.8, 4) is 17.2 Å². The number of benzene rings is 2. The average molecular weight is 720 g/mol. The van der Waals surface area contributed by atoms with Gasteiger partial charge in [0, 0.05) is 11.6 Å². The lowest BCUT2D eigenvalue weighted by Crippen LogP contribution is -2.52. The molecule has 51 heavy (non-hydrogen) atoms. The van der Waals surface area contributed by atoms with Gasteiger partial charge in [0.05, 0.1) is 32.8 Å². The Morgan fingerprint density at radius 2 is 1.51 bits per heavy atom. The van der Waals surface area contributed by atoms with E-state index in [0.29, 0.717) is 35.5 Å². The summed E-state index contributed by atoms with van der Waals surface area (Å²) >= 11 is 0. The summed E-state index contributed by atoms with van der Waals surface area (Å²) in [5, 5.41) is 31.6. The number of hydrogen-bond acceptors (Lipinski definition) is 7. The normalized spacial score (nSPS) is 25.6. The Hall–Kier alpha value is -3.20. The van der Waals surface area contributed by atoms with Gasteiger partial charge in [0.1, 0.15) is 22.9 Å². The van der Waals surface area contributed by atoms with Crippen LogP contribution in [0.3, 0.4) is 0 Å². The third-order valence-electron chi connectivity index (χ3n) is 12.3. The van der Waals surface area contributed by atoms with Crippen LogP contribution in [0.25, 0.3) is 0 Å². The van der Waals surface area contributed by atoms with Gasteiger partial charge in [-0.3, -0.25) is 10.1 Å². The zero-order valence-electron chi connectivity index (χ0n) is 33.1. The Morgan fingerprint density at radius 1 is 0.941 bits per heavy atom. The van der Waals surface area contributed by atoms with Gasteiger partial charge in [-0.05, 0) is 102 Å². The van der Waals surface area contributed by atoms with Crippen LogP contribution in [0.2, 0.25) is 17.1 Å². The van der Waals surface area contributed by atoms with Crippen molar-refractivity contribution in [1.82, 2.24) is 0 Å². The van der Waals surface area contributed by atoms with Gasteiger partial charge in [-0.1, -0.05) is 81.2 Å². The molecule has 0 aromatic heterocycles. The van der Waals surface area contributed by atoms with Crippen molar-refractivity contribution in [3.05, 3.63) is 58.3 Å². The fraction of sp³-hybridized carbons (Fsp3) is 0.667. The lowest BCUT2D eigenvalue weighted by molar-refractivity contribution is -0.384. The van der Waals surface area contributed by atoms with Crippen molar-refractivity contribution < 1.29 is 19.5 Å². The maximum absolute atomic E-state index is 12.2. The van der Waals surface area contributed by atoms with Gasteiger partial charge in [0.2, 0.25) is 0 Å². The number of rotatable bonds is 14. The highest BCUT2D eigenvalue weighted by atomic mass is 28.3. The molecule has 2 aromatic carbocycles. The quantitative estimate of drug-likeness (QED) is 0.0687. The van der Waals surface area contributed by atoms with Crippen molar-refractivity contribution in [2.24, 2.45) is 45.7 Å². The van der Waals surface area contributed by atoms with E-state index in [1.54, 1.807) is 31.4 Å². The molecule has 4 rings (SSSR count). The number of methoxy groups -OCH3 is 1. The molecule has 9 heteroatoms. The molecule has 0 radical (unpaired) electrons. The van der Waals surface area contributed by atoms with Crippen LogP contribution in [0.15, 0.2) is 52.8 Å². The standard InChI is InChI=1S/C42H65N3O5Si/c1-12-51(39-22-29(6)14-17-33(39)27(2)3,40-23-30(7)15-18-34(40)28(4)5)21-13-20-50-31-16-19-36(38(26-31)45(47)48)43-44-37-25-32(49-11)24-35(41(37)46)42(8,9)10/h12,16,19,24-30,33-34,39-40,46H,1,13-15,17-18,20-23H2,2-11H3. The van der Waals surface area contributed by atoms with Crippen LogP contribution >= 0.6 is 0 Å². The first-order valence-electron chi connectivity index (χ1n) is 19.4. The van der Waals surface area contributed by atoms with E-state index < -0.39 is 13.0 Å². The topological polar surface area (TPSA) is 107 Å². The maximum Gasteiger partial charge on any atom is 0.300 e. The highest BCUT2D eigenvalue weighted by Gasteiger charge is 2.53. The molecular weight excluding hydrogens is 655 g/mol. The number of phenols is 1. The minimum Gasteiger partial charge on any atom is -0.505 e. The lowest BCUT2D eigenvalue weighted by atomic mass is 9.76. The summed E-state index contributed by atoms with van der Waals surface area (Å²) < 4.78 is 11.7. The minimum atomic E-state index is -2.03. The summed E-state index contributed by atoms with van der Waals surface area (Å²) in [6.45, 7) is 25.7. The summed E-state index contributed by atoms with van der Waals surface area (Å²) in [4.78, 5) is 11.7. The van der Waals surface area contributed by atoms with Crippen molar-refractivity contribution in [2.75, 3.05) is 13.7 Å². The van der Waals surface area contributed by atoms with Crippen molar-refractivity contribution in [1.29, 1.82) is 0 Å². The van der Waals surface area contributed by atoms with Crippen LogP contribution in [-0.4, -0.2) is 31.8 Å². The van der Waals surface area contributed by atoms with Gasteiger partial charge in [-0.15, -0.1) is 22.5 Å². The zero-order chi connectivity index (χ0) is 37.7. The first-order valence-corrected chi connectivity index (χ1v) is 21.8. The molecule has 2 aliphatic rings. The summed E-state index contributed by atoms with van der Waals surface area (Å²) in [7, 11) is -0.489. The number of nitro groups is 1. The molecule has 2 fully saturated rings. The maximum atomic E-state index is 12.2. The highest BCUT2D eigenvalue weighted by molar-refractivity contribution is 6.87. The monoisotopic (exact) mass is 719 g/mol. The fourth-order valence-corrected chi connectivity index (χ4v) is 16.8. The Labute approximate surface area is 308 Å². The lowest BCUT2D eigenvalue weighted by Gasteiger charge is -2.55. The summed E-state index contributed by atoms with van der Waals surface area (Å²) in [5.74, 6) is 5.22. The van der Waals surface area contributed by atoms with Crippen LogP contribution in [0.5, 0.6) is 17.2 Å². The molecule has 2 aromatic rings. The smallest absolute Gasteiger partial charge is 0.300 e. The Balaban J connectivity index is 1.58. The largest absolute Gasteiger partial charge is 0.505 e. The molecule has 0 aliphatic heterocycles. The minimum absolute atomic E-state index is 0.0291. The molecule has 0 bridgehead atoms. The van der Waals surface area contributed by atoms with Crippen molar-refractivity contribution in [2.45, 2.75) is 130 Å². The molecule has 6 atom stereocenters. The van der Waals surface area contributed by atoms with Crippen LogP contribution in [-0.2, 0) is 5.41 Å². The van der Waals surface area contributed by atoms with Crippen molar-refractivity contribution >= 4 is 25.1 Å².